The van der Waals surface area contributed by atoms with Gasteiger partial charge in [-0.15, -0.1) is 0 Å². The average molecular weight is 329 g/mol. The molecule has 2 amide bonds. The molecule has 0 bridgehead atoms. The zero-order valence-electron chi connectivity index (χ0n) is 13.2. The smallest absolute Gasteiger partial charge is 0.315 e. The van der Waals surface area contributed by atoms with Crippen LogP contribution in [0.3, 0.4) is 0 Å². The van der Waals surface area contributed by atoms with Gasteiger partial charge in [-0.3, -0.25) is 10.1 Å². The Balaban J connectivity index is 1.82. The third-order valence-electron chi connectivity index (χ3n) is 3.59. The fraction of sp³-hybridized carbons (Fsp3) is 0.235. The van der Waals surface area contributed by atoms with Crippen LogP contribution in [0.15, 0.2) is 54.6 Å². The lowest BCUT2D eigenvalue weighted by atomic mass is 9.96. The van der Waals surface area contributed by atoms with Gasteiger partial charge in [0.05, 0.1) is 11.5 Å². The van der Waals surface area contributed by atoms with Crippen molar-refractivity contribution in [1.82, 2.24) is 10.6 Å². The summed E-state index contributed by atoms with van der Waals surface area (Å²) in [5, 5.41) is 26.2. The SMILES string of the molecule is CC(O)(CNC(=O)NCc1ccc([N+](=O)[O-])cc1)c1ccccc1. The van der Waals surface area contributed by atoms with Crippen LogP contribution in [0.25, 0.3) is 0 Å². The highest BCUT2D eigenvalue weighted by Crippen LogP contribution is 2.18. The number of nitrogens with one attached hydrogen (secondary N) is 2. The number of rotatable bonds is 6. The standard InChI is InChI=1S/C17H19N3O4/c1-17(22,14-5-3-2-4-6-14)12-19-16(21)18-11-13-7-9-15(10-8-13)20(23)24/h2-10,22H,11-12H2,1H3,(H2,18,19,21). The van der Waals surface area contributed by atoms with Crippen LogP contribution in [0.5, 0.6) is 0 Å². The van der Waals surface area contributed by atoms with Crippen LogP contribution in [0, 0.1) is 10.1 Å². The Bertz CT molecular complexity index is 700. The molecule has 0 saturated carbocycles. The number of amides is 2. The average Bonchev–Trinajstić information content (AvgIpc) is 2.59. The quantitative estimate of drug-likeness (QED) is 0.558. The van der Waals surface area contributed by atoms with Crippen molar-refractivity contribution in [3.8, 4) is 0 Å². The maximum absolute atomic E-state index is 11.8. The summed E-state index contributed by atoms with van der Waals surface area (Å²) in [5.41, 5.74) is 0.278. The summed E-state index contributed by atoms with van der Waals surface area (Å²) >= 11 is 0. The van der Waals surface area contributed by atoms with Crippen molar-refractivity contribution in [2.24, 2.45) is 0 Å². The molecule has 0 aliphatic rings. The monoisotopic (exact) mass is 329 g/mol. The maximum atomic E-state index is 11.8. The molecule has 3 N–H and O–H groups in total. The van der Waals surface area contributed by atoms with Gasteiger partial charge in [0.15, 0.2) is 0 Å². The van der Waals surface area contributed by atoms with E-state index in [0.717, 1.165) is 5.56 Å². The van der Waals surface area contributed by atoms with Gasteiger partial charge in [-0.25, -0.2) is 4.79 Å². The third-order valence-corrected chi connectivity index (χ3v) is 3.59. The minimum Gasteiger partial charge on any atom is -0.384 e. The Morgan fingerprint density at radius 1 is 1.12 bits per heavy atom. The number of non-ortho nitro benzene ring substituents is 1. The predicted molar refractivity (Wildman–Crippen MR) is 89.3 cm³/mol. The molecule has 1 atom stereocenters. The van der Waals surface area contributed by atoms with Gasteiger partial charge in [-0.2, -0.15) is 0 Å². The number of hydrogen-bond acceptors (Lipinski definition) is 4. The molecular formula is C17H19N3O4. The van der Waals surface area contributed by atoms with E-state index in [1.54, 1.807) is 31.2 Å². The van der Waals surface area contributed by atoms with Gasteiger partial charge in [-0.1, -0.05) is 42.5 Å². The van der Waals surface area contributed by atoms with Gasteiger partial charge in [-0.05, 0) is 18.1 Å². The Kier molecular flexibility index (Phi) is 5.49. The second kappa shape index (κ2) is 7.56. The number of carbonyl (C=O) groups is 1. The molecule has 2 aromatic carbocycles. The van der Waals surface area contributed by atoms with Gasteiger partial charge in [0.2, 0.25) is 0 Å². The summed E-state index contributed by atoms with van der Waals surface area (Å²) < 4.78 is 0. The van der Waals surface area contributed by atoms with E-state index in [9.17, 15) is 20.0 Å². The van der Waals surface area contributed by atoms with E-state index in [1.807, 2.05) is 18.2 Å². The number of urea groups is 1. The highest BCUT2D eigenvalue weighted by molar-refractivity contribution is 5.73. The van der Waals surface area contributed by atoms with Crippen LogP contribution >= 0.6 is 0 Å². The summed E-state index contributed by atoms with van der Waals surface area (Å²) in [7, 11) is 0. The molecule has 0 radical (unpaired) electrons. The van der Waals surface area contributed by atoms with E-state index < -0.39 is 16.6 Å². The van der Waals surface area contributed by atoms with Crippen molar-refractivity contribution >= 4 is 11.7 Å². The molecule has 0 aliphatic carbocycles. The molecule has 0 aliphatic heterocycles. The van der Waals surface area contributed by atoms with Gasteiger partial charge in [0, 0.05) is 18.7 Å². The largest absolute Gasteiger partial charge is 0.384 e. The third kappa shape index (κ3) is 4.79. The summed E-state index contributed by atoms with van der Waals surface area (Å²) in [5.74, 6) is 0. The number of hydrogen-bond donors (Lipinski definition) is 3. The molecule has 7 nitrogen and oxygen atoms in total. The molecule has 0 fully saturated rings. The molecule has 0 saturated heterocycles. The number of nitrogens with zero attached hydrogens (tertiary/aromatic N) is 1. The van der Waals surface area contributed by atoms with Crippen molar-refractivity contribution in [1.29, 1.82) is 0 Å². The van der Waals surface area contributed by atoms with E-state index in [2.05, 4.69) is 10.6 Å². The number of benzene rings is 2. The van der Waals surface area contributed by atoms with Crippen LogP contribution in [0.1, 0.15) is 18.1 Å². The summed E-state index contributed by atoms with van der Waals surface area (Å²) in [6.45, 7) is 1.92. The number of nitro benzene ring substituents is 1. The lowest BCUT2D eigenvalue weighted by Crippen LogP contribution is -2.43. The molecule has 0 aromatic heterocycles. The zero-order chi connectivity index (χ0) is 17.6. The minimum absolute atomic E-state index is 0.00195. The zero-order valence-corrected chi connectivity index (χ0v) is 13.2. The van der Waals surface area contributed by atoms with Crippen molar-refractivity contribution in [3.05, 3.63) is 75.8 Å². The minimum atomic E-state index is -1.17. The number of aliphatic hydroxyl groups is 1. The van der Waals surface area contributed by atoms with Crippen LogP contribution in [-0.2, 0) is 12.1 Å². The van der Waals surface area contributed by atoms with Crippen LogP contribution in [0.4, 0.5) is 10.5 Å². The second-order valence-corrected chi connectivity index (χ2v) is 5.60. The first-order chi connectivity index (χ1) is 11.4. The first-order valence-corrected chi connectivity index (χ1v) is 7.41. The van der Waals surface area contributed by atoms with E-state index >= 15 is 0 Å². The maximum Gasteiger partial charge on any atom is 0.315 e. The fourth-order valence-corrected chi connectivity index (χ4v) is 2.13. The van der Waals surface area contributed by atoms with Gasteiger partial charge in [0.25, 0.3) is 5.69 Å². The summed E-state index contributed by atoms with van der Waals surface area (Å²) in [6.07, 6.45) is 0. The van der Waals surface area contributed by atoms with E-state index in [0.29, 0.717) is 5.56 Å². The summed E-state index contributed by atoms with van der Waals surface area (Å²) in [6, 6.07) is 14.6. The fourth-order valence-electron chi connectivity index (χ4n) is 2.13. The van der Waals surface area contributed by atoms with E-state index in [4.69, 9.17) is 0 Å². The Labute approximate surface area is 139 Å². The van der Waals surface area contributed by atoms with Crippen LogP contribution in [0.2, 0.25) is 0 Å². The Morgan fingerprint density at radius 3 is 2.33 bits per heavy atom. The molecule has 24 heavy (non-hydrogen) atoms. The number of carbonyl (C=O) groups excluding carboxylic acids is 1. The molecule has 2 rings (SSSR count). The van der Waals surface area contributed by atoms with Crippen molar-refractivity contribution in [2.45, 2.75) is 19.1 Å². The first kappa shape index (κ1) is 17.4. The van der Waals surface area contributed by atoms with Gasteiger partial charge in [0.1, 0.15) is 5.60 Å². The number of nitro groups is 1. The molecule has 0 spiro atoms. The van der Waals surface area contributed by atoms with Crippen molar-refractivity contribution < 1.29 is 14.8 Å². The molecule has 0 heterocycles. The van der Waals surface area contributed by atoms with Crippen LogP contribution < -0.4 is 10.6 Å². The van der Waals surface area contributed by atoms with E-state index in [1.165, 1.54) is 12.1 Å². The first-order valence-electron chi connectivity index (χ1n) is 7.41. The molecule has 2 aromatic rings. The Morgan fingerprint density at radius 2 is 1.75 bits per heavy atom. The highest BCUT2D eigenvalue weighted by Gasteiger charge is 2.23. The molecule has 1 unspecified atom stereocenters. The van der Waals surface area contributed by atoms with Crippen LogP contribution in [-0.4, -0.2) is 22.6 Å². The second-order valence-electron chi connectivity index (χ2n) is 5.60. The molecule has 126 valence electrons. The van der Waals surface area contributed by atoms with E-state index in [-0.39, 0.29) is 18.8 Å². The highest BCUT2D eigenvalue weighted by atomic mass is 16.6. The van der Waals surface area contributed by atoms with Gasteiger partial charge < -0.3 is 15.7 Å². The van der Waals surface area contributed by atoms with Crippen molar-refractivity contribution in [2.75, 3.05) is 6.54 Å². The lowest BCUT2D eigenvalue weighted by Gasteiger charge is -2.24. The predicted octanol–water partition coefficient (Wildman–Crippen LogP) is 2.30. The summed E-state index contributed by atoms with van der Waals surface area (Å²) in [4.78, 5) is 21.9. The lowest BCUT2D eigenvalue weighted by molar-refractivity contribution is -0.384. The normalized spacial score (nSPS) is 12.9. The molecule has 7 heteroatoms. The van der Waals surface area contributed by atoms with Gasteiger partial charge >= 0.3 is 6.03 Å². The Hall–Kier alpha value is -2.93. The molecular weight excluding hydrogens is 310 g/mol. The topological polar surface area (TPSA) is 104 Å². The van der Waals surface area contributed by atoms with Crippen molar-refractivity contribution in [3.63, 3.8) is 0 Å².